The van der Waals surface area contributed by atoms with Gasteiger partial charge < -0.3 is 4.57 Å². The number of aromatic nitrogens is 1. The molecule has 3 nitrogen and oxygen atoms in total. The molecule has 0 bridgehead atoms. The summed E-state index contributed by atoms with van der Waals surface area (Å²) >= 11 is 0. The van der Waals surface area contributed by atoms with Gasteiger partial charge in [0.15, 0.2) is 6.29 Å². The van der Waals surface area contributed by atoms with Gasteiger partial charge in [-0.3, -0.25) is 4.79 Å². The van der Waals surface area contributed by atoms with E-state index in [1.807, 2.05) is 17.0 Å². The molecule has 0 amide bonds. The van der Waals surface area contributed by atoms with Gasteiger partial charge in [-0.2, -0.15) is 5.26 Å². The minimum atomic E-state index is 0.613. The summed E-state index contributed by atoms with van der Waals surface area (Å²) in [5, 5.41) is 8.30. The largest absolute Gasteiger partial charge is 0.354 e. The van der Waals surface area contributed by atoms with Gasteiger partial charge in [0.1, 0.15) is 0 Å². The maximum atomic E-state index is 10.3. The van der Waals surface area contributed by atoms with Crippen LogP contribution in [0.15, 0.2) is 18.5 Å². The van der Waals surface area contributed by atoms with E-state index in [1.54, 1.807) is 6.07 Å². The molecule has 68 valence electrons. The van der Waals surface area contributed by atoms with Crippen LogP contribution >= 0.6 is 0 Å². The van der Waals surface area contributed by atoms with Crippen LogP contribution in [0.2, 0.25) is 0 Å². The SMILES string of the molecule is N#CCCCCn1ccc(C=O)c1. The molecule has 1 aromatic heterocycles. The molecule has 0 aliphatic carbocycles. The van der Waals surface area contributed by atoms with Gasteiger partial charge >= 0.3 is 0 Å². The molecule has 0 atom stereocenters. The fourth-order valence-electron chi connectivity index (χ4n) is 1.17. The van der Waals surface area contributed by atoms with E-state index in [0.29, 0.717) is 12.0 Å². The first-order valence-electron chi connectivity index (χ1n) is 4.34. The summed E-state index contributed by atoms with van der Waals surface area (Å²) in [6.07, 6.45) is 7.06. The average molecular weight is 176 g/mol. The predicted octanol–water partition coefficient (Wildman–Crippen LogP) is 1.99. The molecule has 0 N–H and O–H groups in total. The van der Waals surface area contributed by atoms with Crippen molar-refractivity contribution in [3.8, 4) is 6.07 Å². The van der Waals surface area contributed by atoms with Gasteiger partial charge in [0.2, 0.25) is 0 Å². The Hall–Kier alpha value is -1.56. The highest BCUT2D eigenvalue weighted by Crippen LogP contribution is 2.02. The second kappa shape index (κ2) is 5.15. The molecule has 0 saturated heterocycles. The van der Waals surface area contributed by atoms with Crippen LogP contribution in [-0.4, -0.2) is 10.9 Å². The number of carbonyl (C=O) groups excluding carboxylic acids is 1. The second-order valence-corrected chi connectivity index (χ2v) is 2.92. The van der Waals surface area contributed by atoms with Gasteiger partial charge in [0, 0.05) is 30.9 Å². The third-order valence-electron chi connectivity index (χ3n) is 1.86. The minimum Gasteiger partial charge on any atom is -0.354 e. The monoisotopic (exact) mass is 176 g/mol. The first kappa shape index (κ1) is 9.53. The number of nitriles is 1. The zero-order valence-electron chi connectivity index (χ0n) is 7.44. The van der Waals surface area contributed by atoms with E-state index in [9.17, 15) is 4.79 Å². The smallest absolute Gasteiger partial charge is 0.151 e. The van der Waals surface area contributed by atoms with E-state index in [1.165, 1.54) is 0 Å². The van der Waals surface area contributed by atoms with E-state index in [2.05, 4.69) is 6.07 Å². The van der Waals surface area contributed by atoms with Crippen molar-refractivity contribution < 1.29 is 4.79 Å². The topological polar surface area (TPSA) is 45.8 Å². The van der Waals surface area contributed by atoms with Crippen LogP contribution in [0.1, 0.15) is 29.6 Å². The molecule has 1 aromatic rings. The number of unbranched alkanes of at least 4 members (excludes halogenated alkanes) is 2. The van der Waals surface area contributed by atoms with Crippen molar-refractivity contribution in [3.63, 3.8) is 0 Å². The van der Waals surface area contributed by atoms with Crippen LogP contribution in [0.5, 0.6) is 0 Å². The molecule has 0 fully saturated rings. The Morgan fingerprint density at radius 2 is 2.38 bits per heavy atom. The molecular formula is C10H12N2O. The molecule has 1 rings (SSSR count). The Labute approximate surface area is 77.6 Å². The number of aryl methyl sites for hydroxylation is 1. The zero-order valence-corrected chi connectivity index (χ0v) is 7.44. The van der Waals surface area contributed by atoms with Gasteiger partial charge in [0.25, 0.3) is 0 Å². The van der Waals surface area contributed by atoms with Gasteiger partial charge in [-0.1, -0.05) is 0 Å². The minimum absolute atomic E-state index is 0.613. The second-order valence-electron chi connectivity index (χ2n) is 2.92. The number of rotatable bonds is 5. The van der Waals surface area contributed by atoms with Gasteiger partial charge in [-0.25, -0.2) is 0 Å². The summed E-state index contributed by atoms with van der Waals surface area (Å²) in [4.78, 5) is 10.3. The van der Waals surface area contributed by atoms with Crippen molar-refractivity contribution in [2.24, 2.45) is 0 Å². The van der Waals surface area contributed by atoms with Crippen LogP contribution in [0, 0.1) is 11.3 Å². The fraction of sp³-hybridized carbons (Fsp3) is 0.400. The molecule has 0 radical (unpaired) electrons. The lowest BCUT2D eigenvalue weighted by molar-refractivity contribution is 0.112. The summed E-state index contributed by atoms with van der Waals surface area (Å²) in [5.74, 6) is 0. The van der Waals surface area contributed by atoms with Crippen molar-refractivity contribution in [1.82, 2.24) is 4.57 Å². The van der Waals surface area contributed by atoms with Crippen molar-refractivity contribution in [2.45, 2.75) is 25.8 Å². The Morgan fingerprint density at radius 1 is 1.54 bits per heavy atom. The van der Waals surface area contributed by atoms with Gasteiger partial charge in [-0.15, -0.1) is 0 Å². The third kappa shape index (κ3) is 3.12. The molecular weight excluding hydrogens is 164 g/mol. The number of carbonyl (C=O) groups is 1. The van der Waals surface area contributed by atoms with Crippen molar-refractivity contribution in [1.29, 1.82) is 5.26 Å². The normalized spacial score (nSPS) is 9.46. The van der Waals surface area contributed by atoms with Crippen LogP contribution in [0.25, 0.3) is 0 Å². The Bertz CT molecular complexity index is 309. The Balaban J connectivity index is 2.29. The fourth-order valence-corrected chi connectivity index (χ4v) is 1.17. The molecule has 3 heteroatoms. The Kier molecular flexibility index (Phi) is 3.77. The number of hydrogen-bond donors (Lipinski definition) is 0. The van der Waals surface area contributed by atoms with E-state index in [-0.39, 0.29) is 0 Å². The highest BCUT2D eigenvalue weighted by Gasteiger charge is 1.94. The van der Waals surface area contributed by atoms with E-state index >= 15 is 0 Å². The summed E-state index contributed by atoms with van der Waals surface area (Å²) in [6, 6.07) is 3.89. The van der Waals surface area contributed by atoms with Crippen LogP contribution in [-0.2, 0) is 6.54 Å². The summed E-state index contributed by atoms with van der Waals surface area (Å²) in [6.45, 7) is 0.884. The van der Waals surface area contributed by atoms with Crippen LogP contribution in [0.4, 0.5) is 0 Å². The van der Waals surface area contributed by atoms with E-state index < -0.39 is 0 Å². The van der Waals surface area contributed by atoms with Crippen LogP contribution in [0.3, 0.4) is 0 Å². The van der Waals surface area contributed by atoms with Crippen molar-refractivity contribution in [2.75, 3.05) is 0 Å². The predicted molar refractivity (Wildman–Crippen MR) is 49.3 cm³/mol. The highest BCUT2D eigenvalue weighted by atomic mass is 16.1. The van der Waals surface area contributed by atoms with E-state index in [0.717, 1.165) is 25.7 Å². The summed E-state index contributed by atoms with van der Waals surface area (Å²) in [5.41, 5.74) is 0.709. The number of aldehydes is 1. The molecule has 1 heterocycles. The molecule has 0 aliphatic rings. The van der Waals surface area contributed by atoms with Crippen molar-refractivity contribution in [3.05, 3.63) is 24.0 Å². The van der Waals surface area contributed by atoms with E-state index in [4.69, 9.17) is 5.26 Å². The lowest BCUT2D eigenvalue weighted by Gasteiger charge is -1.99. The molecule has 0 unspecified atom stereocenters. The quantitative estimate of drug-likeness (QED) is 0.508. The lowest BCUT2D eigenvalue weighted by Crippen LogP contribution is -1.93. The third-order valence-corrected chi connectivity index (χ3v) is 1.86. The molecule has 0 aliphatic heterocycles. The molecule has 0 saturated carbocycles. The average Bonchev–Trinajstić information content (AvgIpc) is 2.60. The molecule has 13 heavy (non-hydrogen) atoms. The number of nitrogens with zero attached hydrogens (tertiary/aromatic N) is 2. The first-order valence-corrected chi connectivity index (χ1v) is 4.34. The zero-order chi connectivity index (χ0) is 9.52. The van der Waals surface area contributed by atoms with Crippen molar-refractivity contribution >= 4 is 6.29 Å². The Morgan fingerprint density at radius 3 is 3.00 bits per heavy atom. The van der Waals surface area contributed by atoms with Gasteiger partial charge in [-0.05, 0) is 18.9 Å². The standard InChI is InChI=1S/C10H12N2O/c11-5-2-1-3-6-12-7-4-10(8-12)9-13/h4,7-9H,1-3,6H2. The first-order chi connectivity index (χ1) is 6.36. The number of hydrogen-bond acceptors (Lipinski definition) is 2. The lowest BCUT2D eigenvalue weighted by atomic mass is 10.2. The van der Waals surface area contributed by atoms with Crippen LogP contribution < -0.4 is 0 Å². The summed E-state index contributed by atoms with van der Waals surface area (Å²) in [7, 11) is 0. The molecule has 0 aromatic carbocycles. The molecule has 0 spiro atoms. The maximum Gasteiger partial charge on any atom is 0.151 e. The maximum absolute atomic E-state index is 10.3. The summed E-state index contributed by atoms with van der Waals surface area (Å²) < 4.78 is 1.97. The highest BCUT2D eigenvalue weighted by molar-refractivity contribution is 5.74. The van der Waals surface area contributed by atoms with Gasteiger partial charge in [0.05, 0.1) is 6.07 Å².